The van der Waals surface area contributed by atoms with Crippen LogP contribution in [0.2, 0.25) is 0 Å². The van der Waals surface area contributed by atoms with Gasteiger partial charge in [-0.25, -0.2) is 9.59 Å². The summed E-state index contributed by atoms with van der Waals surface area (Å²) in [6.45, 7) is 8.64. The Morgan fingerprint density at radius 3 is 2.25 bits per heavy atom. The number of nitrogens with two attached hydrogens (primary N) is 1. The first-order valence-corrected chi connectivity index (χ1v) is 12.4. The molecular formula is C26H37N3O7. The Labute approximate surface area is 212 Å². The highest BCUT2D eigenvalue weighted by molar-refractivity contribution is 6.04. The molecule has 1 aliphatic rings. The molecule has 1 saturated heterocycles. The number of carbonyl (C=O) groups excluding carboxylic acids is 4. The average Bonchev–Trinajstić information content (AvgIpc) is 2.86. The molecule has 1 aromatic rings. The van der Waals surface area contributed by atoms with Gasteiger partial charge in [0.1, 0.15) is 11.9 Å². The second-order valence-corrected chi connectivity index (χ2v) is 9.40. The largest absolute Gasteiger partial charge is 0.448 e. The summed E-state index contributed by atoms with van der Waals surface area (Å²) < 4.78 is 4.99. The third-order valence-electron chi connectivity index (χ3n) is 5.65. The van der Waals surface area contributed by atoms with E-state index in [2.05, 4.69) is 4.99 Å². The number of rotatable bonds is 11. The van der Waals surface area contributed by atoms with E-state index in [1.165, 1.54) is 0 Å². The van der Waals surface area contributed by atoms with Crippen molar-refractivity contribution >= 4 is 29.6 Å². The number of piperidine rings is 1. The maximum absolute atomic E-state index is 12.8. The summed E-state index contributed by atoms with van der Waals surface area (Å²) >= 11 is 0. The van der Waals surface area contributed by atoms with Crippen LogP contribution in [0.15, 0.2) is 29.3 Å². The molecule has 1 fully saturated rings. The van der Waals surface area contributed by atoms with Crippen LogP contribution < -0.4 is 5.73 Å². The summed E-state index contributed by atoms with van der Waals surface area (Å²) in [6, 6.07) is 6.40. The van der Waals surface area contributed by atoms with Crippen LogP contribution >= 0.6 is 0 Å². The molecule has 0 radical (unpaired) electrons. The van der Waals surface area contributed by atoms with Crippen molar-refractivity contribution in [3.63, 3.8) is 0 Å². The molecule has 1 aromatic carbocycles. The van der Waals surface area contributed by atoms with E-state index in [0.29, 0.717) is 49.9 Å². The van der Waals surface area contributed by atoms with Crippen molar-refractivity contribution in [3.8, 4) is 0 Å². The summed E-state index contributed by atoms with van der Waals surface area (Å²) in [6.07, 6.45) is 1.17. The standard InChI is InChI=1S/C26H37N3O7/c1-5-6-23(31)36-35-21-11-13-29(14-12-21)25(32)18(4)15-22(30)19-7-9-20(10-8-19)24(27)28-26(33)34-16-17(2)3/h7-10,17-18,21H,5-6,11-16H2,1-4H3,(H2,27,28,33). The van der Waals surface area contributed by atoms with E-state index in [4.69, 9.17) is 20.2 Å². The van der Waals surface area contributed by atoms with Crippen LogP contribution in [0.1, 0.15) is 75.7 Å². The van der Waals surface area contributed by atoms with Crippen LogP contribution in [-0.4, -0.2) is 60.3 Å². The Morgan fingerprint density at radius 2 is 1.67 bits per heavy atom. The Bertz CT molecular complexity index is 935. The second kappa shape index (κ2) is 14.3. The lowest BCUT2D eigenvalue weighted by atomic mass is 9.96. The number of hydrogen-bond acceptors (Lipinski definition) is 7. The first-order chi connectivity index (χ1) is 17.1. The molecule has 0 aromatic heterocycles. The lowest BCUT2D eigenvalue weighted by molar-refractivity contribution is -0.303. The molecule has 0 saturated carbocycles. The first kappa shape index (κ1) is 29.0. The zero-order chi connectivity index (χ0) is 26.7. The maximum atomic E-state index is 12.8. The number of amides is 2. The van der Waals surface area contributed by atoms with Gasteiger partial charge in [0.05, 0.1) is 6.61 Å². The van der Waals surface area contributed by atoms with Crippen molar-refractivity contribution < 1.29 is 33.7 Å². The van der Waals surface area contributed by atoms with Crippen molar-refractivity contribution in [2.45, 2.75) is 65.9 Å². The molecule has 1 aliphatic heterocycles. The molecule has 1 unspecified atom stereocenters. The fourth-order valence-electron chi connectivity index (χ4n) is 3.59. The SMILES string of the molecule is CCCC(=O)OOC1CCN(C(=O)C(C)CC(=O)c2ccc(/C(N)=N\C(=O)OCC(C)C)cc2)CC1. The van der Waals surface area contributed by atoms with E-state index in [-0.39, 0.29) is 42.6 Å². The fraction of sp³-hybridized carbons (Fsp3) is 0.577. The quantitative estimate of drug-likeness (QED) is 0.159. The molecule has 198 valence electrons. The molecule has 0 aliphatic carbocycles. The number of likely N-dealkylation sites (tertiary alicyclic amines) is 1. The number of amidine groups is 1. The second-order valence-electron chi connectivity index (χ2n) is 9.40. The third-order valence-corrected chi connectivity index (χ3v) is 5.65. The van der Waals surface area contributed by atoms with Gasteiger partial charge < -0.3 is 15.4 Å². The lowest BCUT2D eigenvalue weighted by Gasteiger charge is -2.32. The van der Waals surface area contributed by atoms with Gasteiger partial charge in [0, 0.05) is 43.0 Å². The lowest BCUT2D eigenvalue weighted by Crippen LogP contribution is -2.43. The molecule has 0 spiro atoms. The first-order valence-electron chi connectivity index (χ1n) is 12.4. The highest BCUT2D eigenvalue weighted by Gasteiger charge is 2.28. The van der Waals surface area contributed by atoms with E-state index in [1.54, 1.807) is 36.1 Å². The molecule has 36 heavy (non-hydrogen) atoms. The number of hydrogen-bond donors (Lipinski definition) is 1. The predicted octanol–water partition coefficient (Wildman–Crippen LogP) is 3.66. The summed E-state index contributed by atoms with van der Waals surface area (Å²) in [7, 11) is 0. The van der Waals surface area contributed by atoms with Crippen LogP contribution in [-0.2, 0) is 24.1 Å². The summed E-state index contributed by atoms with van der Waals surface area (Å²) in [5, 5.41) is 0. The van der Waals surface area contributed by atoms with Gasteiger partial charge >= 0.3 is 12.1 Å². The zero-order valence-corrected chi connectivity index (χ0v) is 21.5. The number of nitrogens with zero attached hydrogens (tertiary/aromatic N) is 2. The summed E-state index contributed by atoms with van der Waals surface area (Å²) in [4.78, 5) is 64.1. The third kappa shape index (κ3) is 9.41. The van der Waals surface area contributed by atoms with Crippen LogP contribution in [0.5, 0.6) is 0 Å². The van der Waals surface area contributed by atoms with E-state index in [0.717, 1.165) is 0 Å². The number of ketones is 1. The van der Waals surface area contributed by atoms with Gasteiger partial charge in [0.2, 0.25) is 5.91 Å². The van der Waals surface area contributed by atoms with Crippen LogP contribution in [0.25, 0.3) is 0 Å². The van der Waals surface area contributed by atoms with Gasteiger partial charge in [-0.1, -0.05) is 52.0 Å². The van der Waals surface area contributed by atoms with Crippen LogP contribution in [0, 0.1) is 11.8 Å². The van der Waals surface area contributed by atoms with E-state index in [9.17, 15) is 19.2 Å². The van der Waals surface area contributed by atoms with E-state index >= 15 is 0 Å². The maximum Gasteiger partial charge on any atom is 0.435 e. The highest BCUT2D eigenvalue weighted by atomic mass is 17.2. The van der Waals surface area contributed by atoms with Crippen molar-refractivity contribution in [3.05, 3.63) is 35.4 Å². The predicted molar refractivity (Wildman–Crippen MR) is 133 cm³/mol. The van der Waals surface area contributed by atoms with Gasteiger partial charge in [-0.15, -0.1) is 0 Å². The molecular weight excluding hydrogens is 466 g/mol. The van der Waals surface area contributed by atoms with Gasteiger partial charge in [0.25, 0.3) is 0 Å². The van der Waals surface area contributed by atoms with E-state index < -0.39 is 18.0 Å². The molecule has 1 atom stereocenters. The van der Waals surface area contributed by atoms with Crippen molar-refractivity contribution in [2.24, 2.45) is 22.6 Å². The highest BCUT2D eigenvalue weighted by Crippen LogP contribution is 2.19. The molecule has 0 bridgehead atoms. The van der Waals surface area contributed by atoms with E-state index in [1.807, 2.05) is 20.8 Å². The van der Waals surface area contributed by atoms with Crippen LogP contribution in [0.4, 0.5) is 4.79 Å². The zero-order valence-electron chi connectivity index (χ0n) is 21.5. The summed E-state index contributed by atoms with van der Waals surface area (Å²) in [5.74, 6) is -0.964. The monoisotopic (exact) mass is 503 g/mol. The molecule has 10 heteroatoms. The molecule has 10 nitrogen and oxygen atoms in total. The summed E-state index contributed by atoms with van der Waals surface area (Å²) in [5.41, 5.74) is 6.80. The van der Waals surface area contributed by atoms with Gasteiger partial charge in [0.15, 0.2) is 5.78 Å². The van der Waals surface area contributed by atoms with Gasteiger partial charge in [-0.3, -0.25) is 14.5 Å². The average molecular weight is 504 g/mol. The minimum absolute atomic E-state index is 0.00110. The normalized spacial score (nSPS) is 15.5. The Balaban J connectivity index is 1.83. The number of carbonyl (C=O) groups is 4. The van der Waals surface area contributed by atoms with Crippen molar-refractivity contribution in [2.75, 3.05) is 19.7 Å². The van der Waals surface area contributed by atoms with Crippen LogP contribution in [0.3, 0.4) is 0 Å². The fourth-order valence-corrected chi connectivity index (χ4v) is 3.59. The minimum Gasteiger partial charge on any atom is -0.448 e. The number of benzene rings is 1. The van der Waals surface area contributed by atoms with Crippen molar-refractivity contribution in [1.29, 1.82) is 0 Å². The minimum atomic E-state index is -0.762. The molecule has 1 heterocycles. The van der Waals surface area contributed by atoms with Gasteiger partial charge in [-0.05, 0) is 25.2 Å². The van der Waals surface area contributed by atoms with Crippen molar-refractivity contribution in [1.82, 2.24) is 4.90 Å². The smallest absolute Gasteiger partial charge is 0.435 e. The number of Topliss-reactive ketones (excluding diaryl/α,β-unsaturated/α-hetero) is 1. The number of ether oxygens (including phenoxy) is 1. The molecule has 2 amide bonds. The Morgan fingerprint density at radius 1 is 1.06 bits per heavy atom. The topological polar surface area (TPSA) is 138 Å². The number of aliphatic imine (C=N–C) groups is 1. The molecule has 2 rings (SSSR count). The van der Waals surface area contributed by atoms with Gasteiger partial charge in [-0.2, -0.15) is 9.88 Å². The Kier molecular flexibility index (Phi) is 11.5. The molecule has 2 N–H and O–H groups in total. The Hall–Kier alpha value is -3.27.